The third-order valence-electron chi connectivity index (χ3n) is 3.20. The Bertz CT molecular complexity index is 637. The van der Waals surface area contributed by atoms with Crippen LogP contribution in [-0.4, -0.2) is 23.0 Å². The normalized spacial score (nSPS) is 11.5. The molecule has 1 aromatic heterocycles. The van der Waals surface area contributed by atoms with Crippen LogP contribution in [0.1, 0.15) is 30.1 Å². The van der Waals surface area contributed by atoms with Crippen molar-refractivity contribution in [2.24, 2.45) is 5.73 Å². The lowest BCUT2D eigenvalue weighted by Gasteiger charge is -2.23. The number of hydrogen-bond donors (Lipinski definition) is 2. The molecule has 0 saturated carbocycles. The van der Waals surface area contributed by atoms with Crippen molar-refractivity contribution < 1.29 is 9.18 Å². The molecule has 6 heteroatoms. The van der Waals surface area contributed by atoms with E-state index < -0.39 is 5.54 Å². The monoisotopic (exact) mass is 321 g/mol. The molecule has 0 aliphatic carbocycles. The van der Waals surface area contributed by atoms with Gasteiger partial charge in [-0.15, -0.1) is 11.3 Å². The summed E-state index contributed by atoms with van der Waals surface area (Å²) in [6.07, 6.45) is 0.879. The van der Waals surface area contributed by atoms with Gasteiger partial charge in [-0.1, -0.05) is 12.1 Å². The quantitative estimate of drug-likeness (QED) is 0.857. The van der Waals surface area contributed by atoms with Crippen molar-refractivity contribution in [3.63, 3.8) is 0 Å². The Morgan fingerprint density at radius 3 is 2.68 bits per heavy atom. The van der Waals surface area contributed by atoms with E-state index >= 15 is 0 Å². The Kier molecular flexibility index (Phi) is 5.26. The second kappa shape index (κ2) is 6.98. The van der Waals surface area contributed by atoms with E-state index in [1.807, 2.05) is 19.2 Å². The van der Waals surface area contributed by atoms with Crippen LogP contribution in [0.4, 0.5) is 4.39 Å². The van der Waals surface area contributed by atoms with Crippen LogP contribution in [0.15, 0.2) is 29.6 Å². The van der Waals surface area contributed by atoms with E-state index in [4.69, 9.17) is 5.73 Å². The van der Waals surface area contributed by atoms with Crippen LogP contribution < -0.4 is 11.1 Å². The van der Waals surface area contributed by atoms with Crippen LogP contribution in [0.2, 0.25) is 0 Å². The minimum atomic E-state index is -0.413. The summed E-state index contributed by atoms with van der Waals surface area (Å²) in [4.78, 5) is 16.4. The number of rotatable bonds is 6. The molecular formula is C16H20FN3OS. The molecule has 4 nitrogen and oxygen atoms in total. The number of nitrogens with one attached hydrogen (secondary N) is 1. The van der Waals surface area contributed by atoms with Gasteiger partial charge in [0.2, 0.25) is 5.91 Å². The van der Waals surface area contributed by atoms with Gasteiger partial charge in [-0.05, 0) is 31.5 Å². The molecule has 2 rings (SSSR count). The summed E-state index contributed by atoms with van der Waals surface area (Å²) in [6.45, 7) is 4.14. The molecule has 1 amide bonds. The summed E-state index contributed by atoms with van der Waals surface area (Å²) >= 11 is 1.50. The Hall–Kier alpha value is -1.79. The molecule has 0 radical (unpaired) electrons. The van der Waals surface area contributed by atoms with Gasteiger partial charge < -0.3 is 11.1 Å². The molecule has 118 valence electrons. The first-order valence-corrected chi connectivity index (χ1v) is 7.95. The van der Waals surface area contributed by atoms with Gasteiger partial charge in [0.05, 0.1) is 17.1 Å². The molecule has 0 unspecified atom stereocenters. The summed E-state index contributed by atoms with van der Waals surface area (Å²) in [5.41, 5.74) is 6.92. The fraction of sp³-hybridized carbons (Fsp3) is 0.375. The lowest BCUT2D eigenvalue weighted by molar-refractivity contribution is -0.121. The van der Waals surface area contributed by atoms with Gasteiger partial charge >= 0.3 is 0 Å². The molecule has 3 N–H and O–H groups in total. The number of hydrogen-bond acceptors (Lipinski definition) is 4. The maximum Gasteiger partial charge on any atom is 0.226 e. The lowest BCUT2D eigenvalue weighted by Crippen LogP contribution is -2.49. The Morgan fingerprint density at radius 1 is 1.36 bits per heavy atom. The van der Waals surface area contributed by atoms with Crippen molar-refractivity contribution in [2.75, 3.05) is 6.54 Å². The molecule has 22 heavy (non-hydrogen) atoms. The third kappa shape index (κ3) is 4.89. The van der Waals surface area contributed by atoms with Crippen molar-refractivity contribution >= 4 is 17.2 Å². The second-order valence-corrected chi connectivity index (χ2v) is 6.79. The smallest absolute Gasteiger partial charge is 0.226 e. The first-order chi connectivity index (χ1) is 10.4. The summed E-state index contributed by atoms with van der Waals surface area (Å²) in [5.74, 6) is -0.336. The minimum absolute atomic E-state index is 0.0888. The van der Waals surface area contributed by atoms with E-state index in [9.17, 15) is 9.18 Å². The Morgan fingerprint density at radius 2 is 2.05 bits per heavy atom. The molecule has 0 saturated heterocycles. The molecule has 0 bridgehead atoms. The van der Waals surface area contributed by atoms with Gasteiger partial charge in [0, 0.05) is 23.9 Å². The molecule has 0 aliphatic heterocycles. The highest BCUT2D eigenvalue weighted by Gasteiger charge is 2.19. The number of halogens is 1. The second-order valence-electron chi connectivity index (χ2n) is 5.85. The van der Waals surface area contributed by atoms with Gasteiger partial charge in [0.15, 0.2) is 0 Å². The van der Waals surface area contributed by atoms with Crippen LogP contribution in [0.5, 0.6) is 0 Å². The molecule has 1 aromatic carbocycles. The summed E-state index contributed by atoms with van der Waals surface area (Å²) < 4.78 is 12.9. The zero-order chi connectivity index (χ0) is 16.2. The van der Waals surface area contributed by atoms with Gasteiger partial charge in [0.25, 0.3) is 0 Å². The van der Waals surface area contributed by atoms with E-state index in [0.29, 0.717) is 13.0 Å². The molecular weight excluding hydrogens is 301 g/mol. The molecule has 0 spiro atoms. The van der Waals surface area contributed by atoms with E-state index in [2.05, 4.69) is 10.3 Å². The van der Waals surface area contributed by atoms with Crippen LogP contribution in [0.25, 0.3) is 0 Å². The third-order valence-corrected chi connectivity index (χ3v) is 4.10. The number of carbonyl (C=O) groups excluding carboxylic acids is 1. The van der Waals surface area contributed by atoms with Crippen molar-refractivity contribution in [1.29, 1.82) is 0 Å². The fourth-order valence-electron chi connectivity index (χ4n) is 1.93. The number of aromatic nitrogens is 1. The van der Waals surface area contributed by atoms with E-state index in [1.54, 1.807) is 12.1 Å². The fourth-order valence-corrected chi connectivity index (χ4v) is 2.75. The summed E-state index contributed by atoms with van der Waals surface area (Å²) in [6, 6.07) is 6.36. The SMILES string of the molecule is CC(C)(CN)NC(=O)Cc1csc(Cc2ccc(F)cc2)n1. The largest absolute Gasteiger partial charge is 0.350 e. The number of thiazole rings is 1. The Balaban J connectivity index is 1.94. The summed E-state index contributed by atoms with van der Waals surface area (Å²) in [5, 5.41) is 5.67. The molecule has 0 aliphatic rings. The van der Waals surface area contributed by atoms with Gasteiger partial charge in [-0.3, -0.25) is 4.79 Å². The first kappa shape index (κ1) is 16.6. The zero-order valence-electron chi connectivity index (χ0n) is 12.7. The molecule has 2 aromatic rings. The van der Waals surface area contributed by atoms with Crippen LogP contribution in [-0.2, 0) is 17.6 Å². The Labute approximate surface area is 133 Å². The van der Waals surface area contributed by atoms with Crippen LogP contribution in [0.3, 0.4) is 0 Å². The predicted molar refractivity (Wildman–Crippen MR) is 86.3 cm³/mol. The maximum atomic E-state index is 12.9. The van der Waals surface area contributed by atoms with Crippen LogP contribution in [0, 0.1) is 5.82 Å². The summed E-state index contributed by atoms with van der Waals surface area (Å²) in [7, 11) is 0. The highest BCUT2D eigenvalue weighted by molar-refractivity contribution is 7.09. The highest BCUT2D eigenvalue weighted by Crippen LogP contribution is 2.16. The van der Waals surface area contributed by atoms with Crippen molar-refractivity contribution in [2.45, 2.75) is 32.2 Å². The van der Waals surface area contributed by atoms with E-state index in [0.717, 1.165) is 16.3 Å². The lowest BCUT2D eigenvalue weighted by atomic mass is 10.1. The van der Waals surface area contributed by atoms with Crippen molar-refractivity contribution in [3.8, 4) is 0 Å². The van der Waals surface area contributed by atoms with Crippen molar-refractivity contribution in [3.05, 3.63) is 51.7 Å². The van der Waals surface area contributed by atoms with E-state index in [-0.39, 0.29) is 18.1 Å². The van der Waals surface area contributed by atoms with Gasteiger partial charge in [-0.25, -0.2) is 9.37 Å². The first-order valence-electron chi connectivity index (χ1n) is 7.07. The van der Waals surface area contributed by atoms with Crippen molar-refractivity contribution in [1.82, 2.24) is 10.3 Å². The number of amides is 1. The van der Waals surface area contributed by atoms with Gasteiger partial charge in [0.1, 0.15) is 5.82 Å². The minimum Gasteiger partial charge on any atom is -0.350 e. The highest BCUT2D eigenvalue weighted by atomic mass is 32.1. The topological polar surface area (TPSA) is 68.0 Å². The average Bonchev–Trinajstić information content (AvgIpc) is 2.88. The van der Waals surface area contributed by atoms with Crippen LogP contribution >= 0.6 is 11.3 Å². The molecule has 1 heterocycles. The number of nitrogens with zero attached hydrogens (tertiary/aromatic N) is 1. The number of benzene rings is 1. The molecule has 0 atom stereocenters. The average molecular weight is 321 g/mol. The number of nitrogens with two attached hydrogens (primary N) is 1. The van der Waals surface area contributed by atoms with E-state index in [1.165, 1.54) is 23.5 Å². The number of carbonyl (C=O) groups is 1. The standard InChI is InChI=1S/C16H20FN3OS/c1-16(2,10-18)20-14(21)8-13-9-22-15(19-13)7-11-3-5-12(17)6-4-11/h3-6,9H,7-8,10,18H2,1-2H3,(H,20,21). The predicted octanol–water partition coefficient (Wildman–Crippen LogP) is 2.27. The molecule has 0 fully saturated rings. The zero-order valence-corrected chi connectivity index (χ0v) is 13.5. The van der Waals surface area contributed by atoms with Gasteiger partial charge in [-0.2, -0.15) is 0 Å². The maximum absolute atomic E-state index is 12.9.